The number of rotatable bonds is 11. The van der Waals surface area contributed by atoms with E-state index in [0.717, 1.165) is 6.07 Å². The van der Waals surface area contributed by atoms with Gasteiger partial charge < -0.3 is 47.4 Å². The molecule has 0 bridgehead atoms. The smallest absolute Gasteiger partial charge is 0.374 e. The van der Waals surface area contributed by atoms with E-state index in [0.29, 0.717) is 65.7 Å². The lowest BCUT2D eigenvalue weighted by atomic mass is 9.78. The summed E-state index contributed by atoms with van der Waals surface area (Å²) in [6.45, 7) is 4.12. The van der Waals surface area contributed by atoms with Crippen molar-refractivity contribution in [3.63, 3.8) is 0 Å². The molecule has 4 aromatic heterocycles. The van der Waals surface area contributed by atoms with Crippen LogP contribution in [0.1, 0.15) is 43.8 Å². The number of carbonyl (C=O) groups is 2. The van der Waals surface area contributed by atoms with Crippen molar-refractivity contribution >= 4 is 11.9 Å². The van der Waals surface area contributed by atoms with Crippen molar-refractivity contribution in [2.24, 2.45) is 5.41 Å². The molecule has 2 saturated heterocycles. The maximum absolute atomic E-state index is 13.2. The summed E-state index contributed by atoms with van der Waals surface area (Å²) in [5, 5.41) is 33.3. The highest BCUT2D eigenvalue weighted by Gasteiger charge is 2.51. The number of benzene rings is 2. The highest BCUT2D eigenvalue weighted by atomic mass is 19.1. The monoisotopic (exact) mass is 733 g/mol. The summed E-state index contributed by atoms with van der Waals surface area (Å²) in [5.41, 5.74) is 3.51. The van der Waals surface area contributed by atoms with E-state index in [1.54, 1.807) is 24.0 Å². The molecule has 1 amide bonds. The fourth-order valence-corrected chi connectivity index (χ4v) is 5.63. The molecule has 0 saturated carbocycles. The lowest BCUT2D eigenvalue weighted by Gasteiger charge is -2.54. The molecule has 6 heterocycles. The SMILES string of the molecule is Cc1onc(-c2ccc(F)cc2)c1COc1cc(C(=O)N2CC3(COC3)C2)on1.O=C(O)c1cc(OCc2c(-c3ccc(F)cc3)noc2CO)no1. The van der Waals surface area contributed by atoms with E-state index in [9.17, 15) is 23.5 Å². The molecule has 2 aliphatic heterocycles. The third-order valence-corrected chi connectivity index (χ3v) is 8.52. The van der Waals surface area contributed by atoms with Crippen LogP contribution >= 0.6 is 0 Å². The molecule has 16 nitrogen and oxygen atoms in total. The molecular formula is C35H29F2N5O11. The molecule has 2 fully saturated rings. The zero-order valence-electron chi connectivity index (χ0n) is 27.8. The lowest BCUT2D eigenvalue weighted by Crippen LogP contribution is -2.67. The number of ether oxygens (including phenoxy) is 3. The number of carboxylic acid groups (broad SMARTS) is 1. The Bertz CT molecular complexity index is 2210. The molecule has 0 radical (unpaired) electrons. The average molecular weight is 734 g/mol. The van der Waals surface area contributed by atoms with Crippen LogP contribution in [-0.4, -0.2) is 73.9 Å². The minimum absolute atomic E-state index is 0.0393. The molecule has 1 spiro atoms. The first-order valence-corrected chi connectivity index (χ1v) is 16.0. The van der Waals surface area contributed by atoms with Crippen LogP contribution in [0.5, 0.6) is 11.8 Å². The number of hydrogen-bond donors (Lipinski definition) is 2. The summed E-state index contributed by atoms with van der Waals surface area (Å²) in [6.07, 6.45) is 0. The highest BCUT2D eigenvalue weighted by molar-refractivity contribution is 5.92. The Morgan fingerprint density at radius 1 is 0.774 bits per heavy atom. The van der Waals surface area contributed by atoms with Gasteiger partial charge in [-0.3, -0.25) is 4.79 Å². The predicted molar refractivity (Wildman–Crippen MR) is 172 cm³/mol. The topological polar surface area (TPSA) is 210 Å². The lowest BCUT2D eigenvalue weighted by molar-refractivity contribution is -0.176. The summed E-state index contributed by atoms with van der Waals surface area (Å²) < 4.78 is 62.5. The first-order chi connectivity index (χ1) is 25.6. The Labute approximate surface area is 297 Å². The van der Waals surface area contributed by atoms with Gasteiger partial charge in [0.1, 0.15) is 48.6 Å². The third-order valence-electron chi connectivity index (χ3n) is 8.52. The Kier molecular flexibility index (Phi) is 9.70. The average Bonchev–Trinajstić information content (AvgIpc) is 3.93. The van der Waals surface area contributed by atoms with Gasteiger partial charge in [0.05, 0.1) is 41.9 Å². The number of carboxylic acids is 1. The molecule has 53 heavy (non-hydrogen) atoms. The molecule has 18 heteroatoms. The number of aromatic nitrogens is 4. The van der Waals surface area contributed by atoms with Gasteiger partial charge in [-0.25, -0.2) is 13.6 Å². The molecular weight excluding hydrogens is 704 g/mol. The van der Waals surface area contributed by atoms with Crippen molar-refractivity contribution in [1.82, 2.24) is 25.5 Å². The van der Waals surface area contributed by atoms with Gasteiger partial charge >= 0.3 is 5.97 Å². The second-order valence-corrected chi connectivity index (χ2v) is 12.3. The zero-order valence-corrected chi connectivity index (χ0v) is 27.8. The van der Waals surface area contributed by atoms with Gasteiger partial charge in [0.2, 0.25) is 11.5 Å². The molecule has 0 aliphatic carbocycles. The summed E-state index contributed by atoms with van der Waals surface area (Å²) in [7, 11) is 0. The number of nitrogens with zero attached hydrogens (tertiary/aromatic N) is 5. The first kappa shape index (κ1) is 35.0. The normalized spacial score (nSPS) is 14.2. The largest absolute Gasteiger partial charge is 0.475 e. The van der Waals surface area contributed by atoms with Crippen LogP contribution in [0.25, 0.3) is 22.5 Å². The van der Waals surface area contributed by atoms with Crippen LogP contribution in [0.4, 0.5) is 8.78 Å². The second-order valence-electron chi connectivity index (χ2n) is 12.3. The van der Waals surface area contributed by atoms with E-state index < -0.39 is 18.4 Å². The quantitative estimate of drug-likeness (QED) is 0.178. The van der Waals surface area contributed by atoms with Gasteiger partial charge in [-0.15, -0.1) is 0 Å². The number of halogens is 2. The third kappa shape index (κ3) is 7.49. The number of likely N-dealkylation sites (tertiary alicyclic amines) is 1. The van der Waals surface area contributed by atoms with Gasteiger partial charge in [-0.05, 0) is 65.8 Å². The van der Waals surface area contributed by atoms with Crippen LogP contribution < -0.4 is 9.47 Å². The molecule has 2 aliphatic rings. The zero-order chi connectivity index (χ0) is 37.1. The molecule has 2 aromatic carbocycles. The number of aliphatic hydroxyl groups is 1. The van der Waals surface area contributed by atoms with Crippen molar-refractivity contribution in [2.45, 2.75) is 26.7 Å². The van der Waals surface area contributed by atoms with Gasteiger partial charge in [0.25, 0.3) is 17.7 Å². The van der Waals surface area contributed by atoms with Crippen molar-refractivity contribution in [1.29, 1.82) is 0 Å². The predicted octanol–water partition coefficient (Wildman–Crippen LogP) is 5.07. The van der Waals surface area contributed by atoms with Crippen molar-refractivity contribution < 1.29 is 60.9 Å². The van der Waals surface area contributed by atoms with Crippen LogP contribution in [-0.2, 0) is 24.6 Å². The summed E-state index contributed by atoms with van der Waals surface area (Å²) in [6, 6.07) is 14.1. The Balaban J connectivity index is 0.000000168. The Hall–Kier alpha value is -6.40. The number of aliphatic hydroxyl groups excluding tert-OH is 1. The van der Waals surface area contributed by atoms with Crippen molar-refractivity contribution in [2.75, 3.05) is 26.3 Å². The minimum atomic E-state index is -1.27. The summed E-state index contributed by atoms with van der Waals surface area (Å²) in [5.74, 6) is -1.52. The van der Waals surface area contributed by atoms with E-state index in [1.807, 2.05) is 0 Å². The van der Waals surface area contributed by atoms with E-state index >= 15 is 0 Å². The van der Waals surface area contributed by atoms with E-state index in [1.165, 1.54) is 42.5 Å². The van der Waals surface area contributed by atoms with Crippen LogP contribution in [0, 0.1) is 24.0 Å². The Morgan fingerprint density at radius 2 is 1.30 bits per heavy atom. The van der Waals surface area contributed by atoms with Gasteiger partial charge in [-0.1, -0.05) is 10.3 Å². The highest BCUT2D eigenvalue weighted by Crippen LogP contribution is 2.38. The molecule has 0 atom stereocenters. The van der Waals surface area contributed by atoms with Gasteiger partial charge in [0, 0.05) is 24.2 Å². The van der Waals surface area contributed by atoms with Crippen molar-refractivity contribution in [3.8, 4) is 34.3 Å². The minimum Gasteiger partial charge on any atom is -0.475 e. The number of carbonyl (C=O) groups excluding carboxylic acids is 1. The van der Waals surface area contributed by atoms with Crippen LogP contribution in [0.3, 0.4) is 0 Å². The van der Waals surface area contributed by atoms with E-state index in [-0.39, 0.29) is 59.4 Å². The fraction of sp³-hybridized carbons (Fsp3) is 0.257. The molecule has 8 rings (SSSR count). The standard InChI is InChI=1S/C20H18FN3O5.C15H11FN2O6/c1-12-15(18(23-28-12)13-2-4-14(21)5-3-13)7-27-17-6-16(29-22-17)19(25)24-8-20(9-24)10-26-11-20;16-9-3-1-8(2-4-9)14-10(12(6-19)24-18-14)7-22-13-5-11(15(20)21)23-17-13/h2-6H,7-11H2,1H3;1-5,19H,6-7H2,(H,20,21). The summed E-state index contributed by atoms with van der Waals surface area (Å²) >= 11 is 0. The molecule has 6 aromatic rings. The Morgan fingerprint density at radius 3 is 1.83 bits per heavy atom. The molecule has 2 N–H and O–H groups in total. The fourth-order valence-electron chi connectivity index (χ4n) is 5.63. The van der Waals surface area contributed by atoms with Gasteiger partial charge in [0.15, 0.2) is 5.76 Å². The van der Waals surface area contributed by atoms with Crippen LogP contribution in [0.2, 0.25) is 0 Å². The van der Waals surface area contributed by atoms with Gasteiger partial charge in [-0.2, -0.15) is 0 Å². The number of amides is 1. The second kappa shape index (κ2) is 14.7. The number of aromatic carboxylic acids is 1. The first-order valence-electron chi connectivity index (χ1n) is 16.0. The van der Waals surface area contributed by atoms with Crippen LogP contribution in [0.15, 0.2) is 78.8 Å². The maximum atomic E-state index is 13.2. The number of hydrogen-bond acceptors (Lipinski definition) is 14. The van der Waals surface area contributed by atoms with E-state index in [2.05, 4.69) is 25.1 Å². The summed E-state index contributed by atoms with van der Waals surface area (Å²) in [4.78, 5) is 24.9. The molecule has 274 valence electrons. The molecule has 0 unspecified atom stereocenters. The maximum Gasteiger partial charge on any atom is 0.374 e. The van der Waals surface area contributed by atoms with E-state index in [4.69, 9.17) is 32.9 Å². The number of aryl methyl sites for hydroxylation is 1. The van der Waals surface area contributed by atoms with Crippen molar-refractivity contribution in [3.05, 3.63) is 106 Å².